The molecule has 0 radical (unpaired) electrons. The summed E-state index contributed by atoms with van der Waals surface area (Å²) < 4.78 is 5.24. The number of amides is 1. The molecule has 2 N–H and O–H groups in total. The van der Waals surface area contributed by atoms with Gasteiger partial charge in [-0.1, -0.05) is 48.0 Å². The molecular weight excluding hydrogens is 336 g/mol. The molecule has 0 unspecified atom stereocenters. The lowest BCUT2D eigenvalue weighted by molar-refractivity contribution is -0.118. The van der Waals surface area contributed by atoms with Gasteiger partial charge in [-0.2, -0.15) is 0 Å². The molecule has 0 spiro atoms. The quantitative estimate of drug-likeness (QED) is 0.658. The summed E-state index contributed by atoms with van der Waals surface area (Å²) in [6.07, 6.45) is 8.31. The van der Waals surface area contributed by atoms with Gasteiger partial charge in [-0.15, -0.1) is 0 Å². The molecule has 1 aliphatic carbocycles. The third-order valence-electron chi connectivity index (χ3n) is 4.91. The number of nitrogens with one attached hydrogen (secondary N) is 2. The molecule has 1 amide bonds. The van der Waals surface area contributed by atoms with E-state index in [0.717, 1.165) is 30.0 Å². The molecule has 4 heteroatoms. The van der Waals surface area contributed by atoms with E-state index < -0.39 is 0 Å². The first-order chi connectivity index (χ1) is 13.3. The van der Waals surface area contributed by atoms with E-state index in [9.17, 15) is 4.79 Å². The molecule has 1 aliphatic rings. The van der Waals surface area contributed by atoms with Crippen LogP contribution in [0, 0.1) is 0 Å². The molecule has 3 rings (SSSR count). The second-order valence-electron chi connectivity index (χ2n) is 6.88. The Balaban J connectivity index is 1.67. The van der Waals surface area contributed by atoms with Gasteiger partial charge in [-0.05, 0) is 56.3 Å². The van der Waals surface area contributed by atoms with Crippen LogP contribution in [0.3, 0.4) is 0 Å². The third kappa shape index (κ3) is 5.69. The standard InChI is InChI=1S/C23H28N2O2/c1-27-21-14-8-13-20(17-21)25-23(26)22(19-11-6-3-7-12-19)24-16-15-18-9-4-2-5-10-18/h3,6-9,11-14,17,22,24H,2,4-5,10,15-16H2,1H3,(H,25,26)/t22-/m1/s1. The van der Waals surface area contributed by atoms with Crippen molar-refractivity contribution in [1.29, 1.82) is 0 Å². The summed E-state index contributed by atoms with van der Waals surface area (Å²) in [6.45, 7) is 0.789. The lowest BCUT2D eigenvalue weighted by Gasteiger charge is -2.20. The summed E-state index contributed by atoms with van der Waals surface area (Å²) >= 11 is 0. The van der Waals surface area contributed by atoms with Gasteiger partial charge in [-0.3, -0.25) is 4.79 Å². The number of ether oxygens (including phenoxy) is 1. The average Bonchev–Trinajstić information content (AvgIpc) is 2.72. The fourth-order valence-electron chi connectivity index (χ4n) is 3.43. The van der Waals surface area contributed by atoms with Crippen molar-refractivity contribution < 1.29 is 9.53 Å². The minimum atomic E-state index is -0.387. The Kier molecular flexibility index (Phi) is 7.05. The number of carbonyl (C=O) groups is 1. The Morgan fingerprint density at radius 2 is 1.96 bits per heavy atom. The van der Waals surface area contributed by atoms with Gasteiger partial charge in [0.15, 0.2) is 0 Å². The number of methoxy groups -OCH3 is 1. The van der Waals surface area contributed by atoms with Crippen molar-refractivity contribution in [1.82, 2.24) is 5.32 Å². The molecular formula is C23H28N2O2. The number of rotatable bonds is 8. The third-order valence-corrected chi connectivity index (χ3v) is 4.91. The molecule has 4 nitrogen and oxygen atoms in total. The fraction of sp³-hybridized carbons (Fsp3) is 0.348. The van der Waals surface area contributed by atoms with Crippen molar-refractivity contribution in [2.24, 2.45) is 0 Å². The molecule has 2 aromatic rings. The van der Waals surface area contributed by atoms with Gasteiger partial charge in [0, 0.05) is 11.8 Å². The zero-order valence-electron chi connectivity index (χ0n) is 15.9. The van der Waals surface area contributed by atoms with Gasteiger partial charge in [0.25, 0.3) is 0 Å². The van der Waals surface area contributed by atoms with Gasteiger partial charge in [0.05, 0.1) is 7.11 Å². The van der Waals surface area contributed by atoms with Crippen molar-refractivity contribution in [2.45, 2.75) is 38.1 Å². The van der Waals surface area contributed by atoms with Crippen molar-refractivity contribution in [3.8, 4) is 5.75 Å². The monoisotopic (exact) mass is 364 g/mol. The van der Waals surface area contributed by atoms with Gasteiger partial charge in [0.1, 0.15) is 11.8 Å². The van der Waals surface area contributed by atoms with Crippen LogP contribution in [0.2, 0.25) is 0 Å². The minimum absolute atomic E-state index is 0.0629. The highest BCUT2D eigenvalue weighted by atomic mass is 16.5. The number of benzene rings is 2. The first-order valence-electron chi connectivity index (χ1n) is 9.67. The van der Waals surface area contributed by atoms with Crippen LogP contribution >= 0.6 is 0 Å². The summed E-state index contributed by atoms with van der Waals surface area (Å²) in [5, 5.41) is 6.46. The molecule has 0 saturated heterocycles. The molecule has 0 saturated carbocycles. The lowest BCUT2D eigenvalue weighted by atomic mass is 9.97. The van der Waals surface area contributed by atoms with Gasteiger partial charge >= 0.3 is 0 Å². The van der Waals surface area contributed by atoms with Crippen molar-refractivity contribution in [3.63, 3.8) is 0 Å². The maximum atomic E-state index is 13.0. The fourth-order valence-corrected chi connectivity index (χ4v) is 3.43. The lowest BCUT2D eigenvalue weighted by Crippen LogP contribution is -2.33. The Hall–Kier alpha value is -2.59. The summed E-state index contributed by atoms with van der Waals surface area (Å²) in [6, 6.07) is 16.9. The van der Waals surface area contributed by atoms with Crippen LogP contribution in [0.4, 0.5) is 5.69 Å². The molecule has 0 aliphatic heterocycles. The molecule has 142 valence electrons. The second kappa shape index (κ2) is 9.93. The number of hydrogen-bond donors (Lipinski definition) is 2. The summed E-state index contributed by atoms with van der Waals surface area (Å²) in [7, 11) is 1.62. The van der Waals surface area contributed by atoms with Crippen LogP contribution in [0.15, 0.2) is 66.2 Å². The van der Waals surface area contributed by atoms with E-state index in [1.165, 1.54) is 31.3 Å². The van der Waals surface area contributed by atoms with Gasteiger partial charge in [0.2, 0.25) is 5.91 Å². The molecule has 2 aromatic carbocycles. The van der Waals surface area contributed by atoms with Crippen LogP contribution in [0.5, 0.6) is 5.75 Å². The first kappa shape index (κ1) is 19.2. The number of carbonyl (C=O) groups excluding carboxylic acids is 1. The van der Waals surface area contributed by atoms with Gasteiger partial charge in [-0.25, -0.2) is 0 Å². The summed E-state index contributed by atoms with van der Waals surface area (Å²) in [4.78, 5) is 13.0. The number of hydrogen-bond acceptors (Lipinski definition) is 3. The molecule has 0 heterocycles. The largest absolute Gasteiger partial charge is 0.497 e. The van der Waals surface area contributed by atoms with E-state index in [4.69, 9.17) is 4.74 Å². The van der Waals surface area contributed by atoms with E-state index in [0.29, 0.717) is 0 Å². The van der Waals surface area contributed by atoms with E-state index in [1.807, 2.05) is 54.6 Å². The number of anilines is 1. The molecule has 27 heavy (non-hydrogen) atoms. The smallest absolute Gasteiger partial charge is 0.246 e. The average molecular weight is 364 g/mol. The highest BCUT2D eigenvalue weighted by molar-refractivity contribution is 5.95. The van der Waals surface area contributed by atoms with Crippen molar-refractivity contribution >= 4 is 11.6 Å². The predicted molar refractivity (Wildman–Crippen MR) is 110 cm³/mol. The molecule has 1 atom stereocenters. The van der Waals surface area contributed by atoms with E-state index in [1.54, 1.807) is 7.11 Å². The SMILES string of the molecule is COc1cccc(NC(=O)[C@H](NCCC2=CCCCC2)c2ccccc2)c1. The zero-order valence-corrected chi connectivity index (χ0v) is 15.9. The Bertz CT molecular complexity index is 771. The second-order valence-corrected chi connectivity index (χ2v) is 6.88. The minimum Gasteiger partial charge on any atom is -0.497 e. The Morgan fingerprint density at radius 3 is 2.70 bits per heavy atom. The molecule has 0 fully saturated rings. The van der Waals surface area contributed by atoms with E-state index >= 15 is 0 Å². The summed E-state index contributed by atoms with van der Waals surface area (Å²) in [5.74, 6) is 0.660. The van der Waals surface area contributed by atoms with Crippen molar-refractivity contribution in [3.05, 3.63) is 71.8 Å². The maximum Gasteiger partial charge on any atom is 0.246 e. The van der Waals surface area contributed by atoms with Crippen LogP contribution in [-0.2, 0) is 4.79 Å². The summed E-state index contributed by atoms with van der Waals surface area (Å²) in [5.41, 5.74) is 3.21. The highest BCUT2D eigenvalue weighted by Gasteiger charge is 2.20. The topological polar surface area (TPSA) is 50.4 Å². The first-order valence-corrected chi connectivity index (χ1v) is 9.67. The highest BCUT2D eigenvalue weighted by Crippen LogP contribution is 2.22. The van der Waals surface area contributed by atoms with E-state index in [-0.39, 0.29) is 11.9 Å². The van der Waals surface area contributed by atoms with E-state index in [2.05, 4.69) is 16.7 Å². The van der Waals surface area contributed by atoms with Crippen LogP contribution in [0.25, 0.3) is 0 Å². The predicted octanol–water partition coefficient (Wildman–Crippen LogP) is 4.86. The Labute approximate surface area is 161 Å². The van der Waals surface area contributed by atoms with Crippen LogP contribution < -0.4 is 15.4 Å². The van der Waals surface area contributed by atoms with Crippen molar-refractivity contribution in [2.75, 3.05) is 19.0 Å². The maximum absolute atomic E-state index is 13.0. The normalized spacial score (nSPS) is 14.9. The van der Waals surface area contributed by atoms with Gasteiger partial charge < -0.3 is 15.4 Å². The number of allylic oxidation sites excluding steroid dienone is 1. The zero-order chi connectivity index (χ0) is 18.9. The molecule has 0 bridgehead atoms. The Morgan fingerprint density at radius 1 is 1.11 bits per heavy atom. The van der Waals surface area contributed by atoms with Crippen LogP contribution in [0.1, 0.15) is 43.7 Å². The molecule has 0 aromatic heterocycles. The van der Waals surface area contributed by atoms with Crippen LogP contribution in [-0.4, -0.2) is 19.6 Å².